The Balaban J connectivity index is 2.36. The number of aromatic nitrogens is 2. The SMILES string of the molecule is CCS(=O)(=O)n1cc(C(C(=O)c2cccnc2Cl)[C@](N)(F)C(=O)OC)c2ccccc21. The zero-order chi connectivity index (χ0) is 23.0. The van der Waals surface area contributed by atoms with Gasteiger partial charge in [-0.15, -0.1) is 0 Å². The van der Waals surface area contributed by atoms with Crippen molar-refractivity contribution in [1.82, 2.24) is 8.96 Å². The Morgan fingerprint density at radius 2 is 1.97 bits per heavy atom. The molecule has 164 valence electrons. The Bertz CT molecular complexity index is 1270. The standard InChI is InChI=1S/C20H19ClFN3O5S/c1-3-31(28,29)25-11-14(12-7-4-5-9-15(12)25)16(20(22,23)19(27)30-2)17(26)13-8-6-10-24-18(13)21/h4-11,16H,3,23H2,1-2H3/t16?,20-/m1/s1. The summed E-state index contributed by atoms with van der Waals surface area (Å²) in [4.78, 5) is 29.4. The molecule has 0 aliphatic carbocycles. The van der Waals surface area contributed by atoms with E-state index in [1.807, 2.05) is 0 Å². The van der Waals surface area contributed by atoms with Crippen LogP contribution in [0.1, 0.15) is 28.8 Å². The Hall–Kier alpha value is -2.82. The Morgan fingerprint density at radius 3 is 2.58 bits per heavy atom. The number of ether oxygens (including phenoxy) is 1. The van der Waals surface area contributed by atoms with Crippen LogP contribution in [-0.4, -0.2) is 47.8 Å². The molecular formula is C20H19ClFN3O5S. The summed E-state index contributed by atoms with van der Waals surface area (Å²) in [5.41, 5.74) is 5.61. The summed E-state index contributed by atoms with van der Waals surface area (Å²) in [6, 6.07) is 8.90. The topological polar surface area (TPSA) is 121 Å². The second kappa shape index (κ2) is 8.37. The molecule has 1 aromatic carbocycles. The molecule has 31 heavy (non-hydrogen) atoms. The molecule has 2 heterocycles. The predicted octanol–water partition coefficient (Wildman–Crippen LogP) is 2.65. The van der Waals surface area contributed by atoms with E-state index in [9.17, 15) is 18.0 Å². The Kier molecular flexibility index (Phi) is 6.17. The number of ketones is 1. The number of pyridine rings is 1. The van der Waals surface area contributed by atoms with E-state index in [1.54, 1.807) is 12.1 Å². The van der Waals surface area contributed by atoms with Gasteiger partial charge < -0.3 is 4.74 Å². The van der Waals surface area contributed by atoms with Gasteiger partial charge in [0.25, 0.3) is 5.79 Å². The molecule has 0 amide bonds. The van der Waals surface area contributed by atoms with E-state index in [2.05, 4.69) is 9.72 Å². The number of halogens is 2. The number of fused-ring (bicyclic) bond motifs is 1. The summed E-state index contributed by atoms with van der Waals surface area (Å²) >= 11 is 6.02. The predicted molar refractivity (Wildman–Crippen MR) is 113 cm³/mol. The second-order valence-corrected chi connectivity index (χ2v) is 9.19. The van der Waals surface area contributed by atoms with Gasteiger partial charge in [-0.25, -0.2) is 26.6 Å². The van der Waals surface area contributed by atoms with Crippen molar-refractivity contribution < 1.29 is 27.1 Å². The second-order valence-electron chi connectivity index (χ2n) is 6.70. The van der Waals surface area contributed by atoms with Crippen molar-refractivity contribution in [3.8, 4) is 0 Å². The van der Waals surface area contributed by atoms with E-state index in [0.717, 1.165) is 17.3 Å². The van der Waals surface area contributed by atoms with Crippen LogP contribution in [0.15, 0.2) is 48.8 Å². The molecule has 0 fully saturated rings. The average Bonchev–Trinajstić information content (AvgIpc) is 3.13. The fraction of sp³-hybridized carbons (Fsp3) is 0.250. The lowest BCUT2D eigenvalue weighted by molar-refractivity contribution is -0.155. The van der Waals surface area contributed by atoms with Crippen molar-refractivity contribution in [2.24, 2.45) is 5.73 Å². The highest BCUT2D eigenvalue weighted by Gasteiger charge is 2.50. The van der Waals surface area contributed by atoms with Crippen LogP contribution in [0.4, 0.5) is 4.39 Å². The molecule has 0 aliphatic heterocycles. The van der Waals surface area contributed by atoms with E-state index in [1.165, 1.54) is 37.4 Å². The van der Waals surface area contributed by atoms with Crippen molar-refractivity contribution in [1.29, 1.82) is 0 Å². The van der Waals surface area contributed by atoms with Crippen LogP contribution in [0, 0.1) is 0 Å². The highest BCUT2D eigenvalue weighted by atomic mass is 35.5. The Morgan fingerprint density at radius 1 is 1.29 bits per heavy atom. The fourth-order valence-corrected chi connectivity index (χ4v) is 4.56. The van der Waals surface area contributed by atoms with Crippen molar-refractivity contribution in [3.63, 3.8) is 0 Å². The highest BCUT2D eigenvalue weighted by Crippen LogP contribution is 2.39. The number of methoxy groups -OCH3 is 1. The molecule has 11 heteroatoms. The largest absolute Gasteiger partial charge is 0.466 e. The lowest BCUT2D eigenvalue weighted by atomic mass is 9.83. The third kappa shape index (κ3) is 3.93. The van der Waals surface area contributed by atoms with E-state index < -0.39 is 33.5 Å². The average molecular weight is 468 g/mol. The van der Waals surface area contributed by atoms with E-state index in [-0.39, 0.29) is 32.9 Å². The number of para-hydroxylation sites is 1. The third-order valence-electron chi connectivity index (χ3n) is 4.89. The molecular weight excluding hydrogens is 449 g/mol. The first-order valence-electron chi connectivity index (χ1n) is 9.10. The van der Waals surface area contributed by atoms with Crippen LogP contribution >= 0.6 is 11.6 Å². The van der Waals surface area contributed by atoms with Crippen LogP contribution in [-0.2, 0) is 19.6 Å². The number of hydrogen-bond acceptors (Lipinski definition) is 7. The number of nitrogens with zero attached hydrogens (tertiary/aromatic N) is 2. The summed E-state index contributed by atoms with van der Waals surface area (Å²) in [6.45, 7) is 1.44. The molecule has 2 N–H and O–H groups in total. The molecule has 3 aromatic rings. The van der Waals surface area contributed by atoms with Crippen molar-refractivity contribution in [2.75, 3.05) is 12.9 Å². The van der Waals surface area contributed by atoms with Crippen molar-refractivity contribution in [2.45, 2.75) is 18.6 Å². The van der Waals surface area contributed by atoms with E-state index in [4.69, 9.17) is 17.3 Å². The summed E-state index contributed by atoms with van der Waals surface area (Å²) in [7, 11) is -2.90. The van der Waals surface area contributed by atoms with Crippen LogP contribution in [0.5, 0.6) is 0 Å². The van der Waals surface area contributed by atoms with Crippen molar-refractivity contribution in [3.05, 3.63) is 65.1 Å². The molecule has 0 spiro atoms. The lowest BCUT2D eigenvalue weighted by Gasteiger charge is -2.27. The zero-order valence-electron chi connectivity index (χ0n) is 16.6. The first-order chi connectivity index (χ1) is 14.6. The van der Waals surface area contributed by atoms with Gasteiger partial charge in [-0.3, -0.25) is 10.5 Å². The van der Waals surface area contributed by atoms with Gasteiger partial charge in [0, 0.05) is 17.8 Å². The summed E-state index contributed by atoms with van der Waals surface area (Å²) in [5, 5.41) is 0.0114. The van der Waals surface area contributed by atoms with Gasteiger partial charge in [-0.05, 0) is 30.7 Å². The molecule has 2 atom stereocenters. The first kappa shape index (κ1) is 22.9. The molecule has 0 bridgehead atoms. The summed E-state index contributed by atoms with van der Waals surface area (Å²) < 4.78 is 46.3. The Labute approximate surface area is 182 Å². The van der Waals surface area contributed by atoms with Crippen LogP contribution < -0.4 is 5.73 Å². The van der Waals surface area contributed by atoms with E-state index >= 15 is 4.39 Å². The number of Topliss-reactive ketones (excluding diaryl/α,β-unsaturated/α-hetero) is 1. The van der Waals surface area contributed by atoms with Gasteiger partial charge in [0.2, 0.25) is 10.0 Å². The minimum atomic E-state index is -3.82. The van der Waals surface area contributed by atoms with Gasteiger partial charge in [0.1, 0.15) is 11.1 Å². The number of esters is 1. The van der Waals surface area contributed by atoms with Gasteiger partial charge in [-0.2, -0.15) is 0 Å². The molecule has 0 saturated carbocycles. The maximum absolute atomic E-state index is 15.7. The van der Waals surface area contributed by atoms with Crippen molar-refractivity contribution >= 4 is 44.3 Å². The van der Waals surface area contributed by atoms with Crippen LogP contribution in [0.2, 0.25) is 5.15 Å². The van der Waals surface area contributed by atoms with Gasteiger partial charge in [-0.1, -0.05) is 29.8 Å². The molecule has 0 aliphatic rings. The molecule has 1 unspecified atom stereocenters. The smallest absolute Gasteiger partial charge is 0.359 e. The normalized spacial score (nSPS) is 14.7. The van der Waals surface area contributed by atoms with Crippen LogP contribution in [0.3, 0.4) is 0 Å². The summed E-state index contributed by atoms with van der Waals surface area (Å²) in [6.07, 6.45) is 2.43. The molecule has 2 aromatic heterocycles. The number of benzene rings is 1. The molecule has 8 nitrogen and oxygen atoms in total. The highest BCUT2D eigenvalue weighted by molar-refractivity contribution is 7.90. The third-order valence-corrected chi connectivity index (χ3v) is 6.82. The number of alkyl halides is 1. The maximum Gasteiger partial charge on any atom is 0.359 e. The summed E-state index contributed by atoms with van der Waals surface area (Å²) in [5.74, 6) is -7.99. The quantitative estimate of drug-likeness (QED) is 0.245. The lowest BCUT2D eigenvalue weighted by Crippen LogP contribution is -2.52. The molecule has 3 rings (SSSR count). The first-order valence-corrected chi connectivity index (χ1v) is 11.1. The molecule has 0 radical (unpaired) electrons. The van der Waals surface area contributed by atoms with Gasteiger partial charge in [0.15, 0.2) is 5.78 Å². The van der Waals surface area contributed by atoms with E-state index in [0.29, 0.717) is 0 Å². The number of hydrogen-bond donors (Lipinski definition) is 1. The van der Waals surface area contributed by atoms with Gasteiger partial charge in [0.05, 0.1) is 23.9 Å². The molecule has 0 saturated heterocycles. The number of carbonyl (C=O) groups is 2. The number of carbonyl (C=O) groups excluding carboxylic acids is 2. The zero-order valence-corrected chi connectivity index (χ0v) is 18.2. The fourth-order valence-electron chi connectivity index (χ4n) is 3.33. The monoisotopic (exact) mass is 467 g/mol. The minimum Gasteiger partial charge on any atom is -0.466 e. The number of nitrogens with two attached hydrogens (primary N) is 1. The maximum atomic E-state index is 15.7. The minimum absolute atomic E-state index is 0.104. The van der Waals surface area contributed by atoms with Crippen LogP contribution in [0.25, 0.3) is 10.9 Å². The van der Waals surface area contributed by atoms with Gasteiger partial charge >= 0.3 is 5.97 Å². The number of rotatable bonds is 7.